The quantitative estimate of drug-likeness (QED) is 0.421. The first-order valence-corrected chi connectivity index (χ1v) is 12.1. The number of hydrogen-bond donors (Lipinski definition) is 2. The van der Waals surface area contributed by atoms with Gasteiger partial charge in [-0.2, -0.15) is 0 Å². The Balaban J connectivity index is 1.35. The lowest BCUT2D eigenvalue weighted by Gasteiger charge is -2.43. The van der Waals surface area contributed by atoms with Gasteiger partial charge in [0.05, 0.1) is 16.8 Å². The zero-order chi connectivity index (χ0) is 21.8. The van der Waals surface area contributed by atoms with Crippen LogP contribution in [0.3, 0.4) is 0 Å². The van der Waals surface area contributed by atoms with Crippen LogP contribution in [-0.2, 0) is 0 Å². The second-order valence-electron chi connectivity index (χ2n) is 9.35. The summed E-state index contributed by atoms with van der Waals surface area (Å²) >= 11 is 12.3. The topological polar surface area (TPSA) is 41.1 Å². The van der Waals surface area contributed by atoms with Crippen molar-refractivity contribution in [3.05, 3.63) is 93.5 Å². The van der Waals surface area contributed by atoms with Crippen LogP contribution in [0.5, 0.6) is 0 Å². The summed E-state index contributed by atoms with van der Waals surface area (Å²) in [5.74, 6) is 2.36. The molecule has 5 heteroatoms. The van der Waals surface area contributed by atoms with Gasteiger partial charge in [0.15, 0.2) is 0 Å². The molecule has 3 aliphatic rings. The molecule has 0 saturated heterocycles. The molecule has 32 heavy (non-hydrogen) atoms. The van der Waals surface area contributed by atoms with E-state index < -0.39 is 0 Å². The van der Waals surface area contributed by atoms with Crippen molar-refractivity contribution < 1.29 is 4.79 Å². The van der Waals surface area contributed by atoms with Gasteiger partial charge in [-0.05, 0) is 90.5 Å². The molecule has 2 bridgehead atoms. The number of benzene rings is 3. The van der Waals surface area contributed by atoms with Crippen molar-refractivity contribution >= 4 is 40.5 Å². The number of rotatable bonds is 3. The highest BCUT2D eigenvalue weighted by molar-refractivity contribution is 6.35. The van der Waals surface area contributed by atoms with E-state index in [0.29, 0.717) is 45.1 Å². The Morgan fingerprint density at radius 3 is 2.59 bits per heavy atom. The molecule has 3 nitrogen and oxygen atoms in total. The molecule has 5 atom stereocenters. The molecule has 1 heterocycles. The molecule has 162 valence electrons. The normalized spacial score (nSPS) is 27.4. The molecule has 0 unspecified atom stereocenters. The minimum absolute atomic E-state index is 0.165. The summed E-state index contributed by atoms with van der Waals surface area (Å²) in [5, 5.41) is 7.77. The fourth-order valence-electron chi connectivity index (χ4n) is 6.41. The van der Waals surface area contributed by atoms with Crippen LogP contribution in [0.25, 0.3) is 0 Å². The highest BCUT2D eigenvalue weighted by atomic mass is 35.5. The van der Waals surface area contributed by atoms with Gasteiger partial charge in [0.25, 0.3) is 5.91 Å². The third-order valence-electron chi connectivity index (χ3n) is 7.68. The van der Waals surface area contributed by atoms with Crippen LogP contribution in [0.1, 0.15) is 52.7 Å². The van der Waals surface area contributed by atoms with Gasteiger partial charge in [0.1, 0.15) is 0 Å². The number of carbonyl (C=O) groups is 1. The predicted octanol–water partition coefficient (Wildman–Crippen LogP) is 7.54. The molecular formula is C27H24Cl2N2O. The summed E-state index contributed by atoms with van der Waals surface area (Å²) in [6, 6.07) is 22.3. The van der Waals surface area contributed by atoms with Crippen LogP contribution in [0.2, 0.25) is 10.0 Å². The molecule has 1 aliphatic heterocycles. The van der Waals surface area contributed by atoms with E-state index in [1.807, 2.05) is 6.07 Å². The van der Waals surface area contributed by atoms with Gasteiger partial charge in [-0.1, -0.05) is 53.5 Å². The number of amides is 1. The first-order valence-electron chi connectivity index (χ1n) is 11.3. The second kappa shape index (κ2) is 7.83. The standard InChI is InChI=1S/C27H24Cl2N2O/c28-19-9-10-21(29)23(14-19)31-27(32)18-8-11-22-20(13-18)24-16-6-7-17(12-16)25(24)26(30-22)15-4-2-1-3-5-15/h1-5,8-11,13-14,16-17,24-26,30H,6-7,12H2,(H,31,32)/t16-,17-,24-,25-,26+/m0/s1. The Morgan fingerprint density at radius 1 is 0.938 bits per heavy atom. The van der Waals surface area contributed by atoms with Gasteiger partial charge in [-0.15, -0.1) is 0 Å². The Bertz CT molecular complexity index is 1200. The van der Waals surface area contributed by atoms with Crippen LogP contribution in [0.4, 0.5) is 11.4 Å². The minimum Gasteiger partial charge on any atom is -0.378 e. The van der Waals surface area contributed by atoms with Crippen molar-refractivity contribution in [2.45, 2.75) is 31.2 Å². The predicted molar refractivity (Wildman–Crippen MR) is 131 cm³/mol. The number of hydrogen-bond acceptors (Lipinski definition) is 2. The van der Waals surface area contributed by atoms with Gasteiger partial charge >= 0.3 is 0 Å². The second-order valence-corrected chi connectivity index (χ2v) is 10.2. The van der Waals surface area contributed by atoms with Gasteiger partial charge < -0.3 is 10.6 Å². The van der Waals surface area contributed by atoms with Gasteiger partial charge in [0.2, 0.25) is 0 Å². The fraction of sp³-hybridized carbons (Fsp3) is 0.296. The van der Waals surface area contributed by atoms with E-state index in [-0.39, 0.29) is 5.91 Å². The van der Waals surface area contributed by atoms with E-state index in [1.54, 1.807) is 18.2 Å². The minimum atomic E-state index is -0.165. The summed E-state index contributed by atoms with van der Waals surface area (Å²) < 4.78 is 0. The van der Waals surface area contributed by atoms with Gasteiger partial charge in [-0.3, -0.25) is 4.79 Å². The SMILES string of the molecule is O=C(Nc1cc(Cl)ccc1Cl)c1ccc2c(c1)[C@@H]1[C@H]3CC[C@@H](C3)[C@@H]1[C@@H](c1ccccc1)N2. The summed E-state index contributed by atoms with van der Waals surface area (Å²) in [6.07, 6.45) is 3.91. The summed E-state index contributed by atoms with van der Waals surface area (Å²) in [7, 11) is 0. The first kappa shape index (κ1) is 20.1. The molecule has 6 rings (SSSR count). The fourth-order valence-corrected chi connectivity index (χ4v) is 6.74. The molecule has 2 fully saturated rings. The van der Waals surface area contributed by atoms with E-state index in [4.69, 9.17) is 23.2 Å². The molecule has 0 spiro atoms. The molecular weight excluding hydrogens is 439 g/mol. The third-order valence-corrected chi connectivity index (χ3v) is 8.25. The van der Waals surface area contributed by atoms with Crippen molar-refractivity contribution in [2.24, 2.45) is 17.8 Å². The smallest absolute Gasteiger partial charge is 0.255 e. The van der Waals surface area contributed by atoms with E-state index >= 15 is 0 Å². The Labute approximate surface area is 198 Å². The highest BCUT2D eigenvalue weighted by Gasteiger charge is 2.53. The number of nitrogens with one attached hydrogen (secondary N) is 2. The molecule has 1 amide bonds. The van der Waals surface area contributed by atoms with E-state index in [1.165, 1.54) is 30.4 Å². The maximum Gasteiger partial charge on any atom is 0.255 e. The van der Waals surface area contributed by atoms with Crippen molar-refractivity contribution in [2.75, 3.05) is 10.6 Å². The zero-order valence-corrected chi connectivity index (χ0v) is 19.0. The lowest BCUT2D eigenvalue weighted by Crippen LogP contribution is -2.35. The molecule has 2 aliphatic carbocycles. The number of halogens is 2. The molecule has 3 aromatic rings. The average molecular weight is 463 g/mol. The first-order chi connectivity index (χ1) is 15.6. The lowest BCUT2D eigenvalue weighted by atomic mass is 9.68. The summed E-state index contributed by atoms with van der Waals surface area (Å²) in [6.45, 7) is 0. The molecule has 0 radical (unpaired) electrons. The average Bonchev–Trinajstić information content (AvgIpc) is 3.44. The Morgan fingerprint density at radius 2 is 1.75 bits per heavy atom. The van der Waals surface area contributed by atoms with Crippen LogP contribution in [0.15, 0.2) is 66.7 Å². The maximum absolute atomic E-state index is 13.1. The molecule has 2 N–H and O–H groups in total. The van der Waals surface area contributed by atoms with E-state index in [9.17, 15) is 4.79 Å². The summed E-state index contributed by atoms with van der Waals surface area (Å²) in [5.41, 5.74) is 4.99. The van der Waals surface area contributed by atoms with Gasteiger partial charge in [-0.25, -0.2) is 0 Å². The van der Waals surface area contributed by atoms with Crippen molar-refractivity contribution in [3.63, 3.8) is 0 Å². The monoisotopic (exact) mass is 462 g/mol. The molecule has 0 aromatic heterocycles. The maximum atomic E-state index is 13.1. The lowest BCUT2D eigenvalue weighted by molar-refractivity contribution is 0.102. The Hall–Kier alpha value is -2.49. The number of anilines is 2. The Kier molecular flexibility index (Phi) is 4.93. The van der Waals surface area contributed by atoms with Crippen molar-refractivity contribution in [3.8, 4) is 0 Å². The van der Waals surface area contributed by atoms with E-state index in [2.05, 4.69) is 53.1 Å². The number of fused-ring (bicyclic) bond motifs is 7. The molecule has 3 aromatic carbocycles. The largest absolute Gasteiger partial charge is 0.378 e. The van der Waals surface area contributed by atoms with Crippen LogP contribution in [0, 0.1) is 17.8 Å². The van der Waals surface area contributed by atoms with Crippen LogP contribution >= 0.6 is 23.2 Å². The van der Waals surface area contributed by atoms with Crippen LogP contribution < -0.4 is 10.6 Å². The van der Waals surface area contributed by atoms with E-state index in [0.717, 1.165) is 11.6 Å². The summed E-state index contributed by atoms with van der Waals surface area (Å²) in [4.78, 5) is 13.1. The van der Waals surface area contributed by atoms with Crippen molar-refractivity contribution in [1.82, 2.24) is 0 Å². The molecule has 2 saturated carbocycles. The third kappa shape index (κ3) is 3.30. The van der Waals surface area contributed by atoms with Gasteiger partial charge in [0, 0.05) is 16.3 Å². The van der Waals surface area contributed by atoms with Crippen molar-refractivity contribution in [1.29, 1.82) is 0 Å². The zero-order valence-electron chi connectivity index (χ0n) is 17.5. The highest BCUT2D eigenvalue weighted by Crippen LogP contribution is 2.63. The van der Waals surface area contributed by atoms with Crippen LogP contribution in [-0.4, -0.2) is 5.91 Å². The number of carbonyl (C=O) groups excluding carboxylic acids is 1.